The third kappa shape index (κ3) is 4.20. The number of hydrogen-bond donors (Lipinski definition) is 1. The summed E-state index contributed by atoms with van der Waals surface area (Å²) < 4.78 is 13.3. The molecule has 1 aromatic heterocycles. The van der Waals surface area contributed by atoms with Crippen LogP contribution in [0.2, 0.25) is 0 Å². The predicted octanol–water partition coefficient (Wildman–Crippen LogP) is 4.27. The van der Waals surface area contributed by atoms with E-state index in [0.29, 0.717) is 18.8 Å². The monoisotopic (exact) mass is 415 g/mol. The average molecular weight is 416 g/mol. The summed E-state index contributed by atoms with van der Waals surface area (Å²) in [5, 5.41) is 12.8. The van der Waals surface area contributed by atoms with Crippen LogP contribution in [0.4, 0.5) is 0 Å². The van der Waals surface area contributed by atoms with Crippen LogP contribution in [0, 0.1) is 5.92 Å². The summed E-state index contributed by atoms with van der Waals surface area (Å²) in [4.78, 5) is 15.0. The zero-order valence-electron chi connectivity index (χ0n) is 16.9. The summed E-state index contributed by atoms with van der Waals surface area (Å²) in [5.41, 5.74) is 1.22. The van der Waals surface area contributed by atoms with Crippen molar-refractivity contribution in [3.05, 3.63) is 47.0 Å². The molecule has 6 heteroatoms. The highest BCUT2D eigenvalue weighted by atomic mass is 32.1. The van der Waals surface area contributed by atoms with Crippen molar-refractivity contribution < 1.29 is 19.4 Å². The first-order valence-corrected chi connectivity index (χ1v) is 11.5. The Morgan fingerprint density at radius 1 is 1.31 bits per heavy atom. The van der Waals surface area contributed by atoms with Gasteiger partial charge in [0, 0.05) is 42.8 Å². The molecule has 1 aromatic carbocycles. The molecule has 1 fully saturated rings. The number of carbonyl (C=O) groups excluding carboxylic acids is 1. The molecule has 29 heavy (non-hydrogen) atoms. The second-order valence-electron chi connectivity index (χ2n) is 7.71. The third-order valence-corrected chi connectivity index (χ3v) is 6.87. The van der Waals surface area contributed by atoms with Crippen LogP contribution in [0.3, 0.4) is 0 Å². The molecule has 0 aliphatic carbocycles. The molecule has 2 aromatic rings. The van der Waals surface area contributed by atoms with Crippen LogP contribution in [0.25, 0.3) is 10.1 Å². The van der Waals surface area contributed by atoms with Crippen LogP contribution in [0.1, 0.15) is 44.1 Å². The fourth-order valence-corrected chi connectivity index (χ4v) is 5.45. The van der Waals surface area contributed by atoms with E-state index < -0.39 is 6.29 Å². The maximum Gasteiger partial charge on any atom is 0.288 e. The SMILES string of the molecule is CCO[C@H]1OC(C(=O)N2CCCC2)=C[C@@H](c2csc3ccccc23)[C@H]1CCCO. The van der Waals surface area contributed by atoms with Gasteiger partial charge in [-0.15, -0.1) is 11.3 Å². The van der Waals surface area contributed by atoms with Crippen molar-refractivity contribution in [1.82, 2.24) is 4.90 Å². The van der Waals surface area contributed by atoms with Crippen molar-refractivity contribution in [2.24, 2.45) is 5.92 Å². The van der Waals surface area contributed by atoms with Crippen molar-refractivity contribution in [3.63, 3.8) is 0 Å². The molecule has 156 valence electrons. The van der Waals surface area contributed by atoms with Crippen LogP contribution in [-0.4, -0.2) is 48.5 Å². The van der Waals surface area contributed by atoms with E-state index >= 15 is 0 Å². The molecule has 0 bridgehead atoms. The maximum absolute atomic E-state index is 13.1. The summed E-state index contributed by atoms with van der Waals surface area (Å²) in [6.45, 7) is 4.18. The fraction of sp³-hybridized carbons (Fsp3) is 0.522. The first-order chi connectivity index (χ1) is 14.2. The smallest absolute Gasteiger partial charge is 0.288 e. The molecule has 1 amide bonds. The normalized spacial score (nSPS) is 24.6. The van der Waals surface area contributed by atoms with Crippen molar-refractivity contribution in [3.8, 4) is 0 Å². The van der Waals surface area contributed by atoms with E-state index in [0.717, 1.165) is 32.4 Å². The Balaban J connectivity index is 1.74. The number of benzene rings is 1. The molecule has 0 unspecified atom stereocenters. The molecule has 0 spiro atoms. The van der Waals surface area contributed by atoms with Crippen molar-refractivity contribution in [1.29, 1.82) is 0 Å². The van der Waals surface area contributed by atoms with Crippen molar-refractivity contribution >= 4 is 27.3 Å². The second-order valence-corrected chi connectivity index (χ2v) is 8.63. The van der Waals surface area contributed by atoms with E-state index in [-0.39, 0.29) is 24.3 Å². The Hall–Kier alpha value is -1.89. The van der Waals surface area contributed by atoms with Gasteiger partial charge in [-0.05, 0) is 61.1 Å². The van der Waals surface area contributed by atoms with Gasteiger partial charge in [0.15, 0.2) is 5.76 Å². The number of allylic oxidation sites excluding steroid dienone is 1. The zero-order chi connectivity index (χ0) is 20.2. The number of thiophene rings is 1. The first-order valence-electron chi connectivity index (χ1n) is 10.6. The number of aliphatic hydroxyl groups excluding tert-OH is 1. The van der Waals surface area contributed by atoms with Gasteiger partial charge in [0.2, 0.25) is 6.29 Å². The highest BCUT2D eigenvalue weighted by Crippen LogP contribution is 2.43. The van der Waals surface area contributed by atoms with E-state index in [9.17, 15) is 9.90 Å². The molecule has 1 saturated heterocycles. The van der Waals surface area contributed by atoms with Gasteiger partial charge >= 0.3 is 0 Å². The van der Waals surface area contributed by atoms with Crippen LogP contribution < -0.4 is 0 Å². The van der Waals surface area contributed by atoms with Crippen LogP contribution in [0.15, 0.2) is 41.5 Å². The van der Waals surface area contributed by atoms with E-state index in [1.807, 2.05) is 17.9 Å². The van der Waals surface area contributed by atoms with Crippen LogP contribution in [0.5, 0.6) is 0 Å². The van der Waals surface area contributed by atoms with Gasteiger partial charge in [-0.3, -0.25) is 4.79 Å². The minimum atomic E-state index is -0.484. The van der Waals surface area contributed by atoms with E-state index in [1.165, 1.54) is 15.6 Å². The Morgan fingerprint density at radius 2 is 2.10 bits per heavy atom. The second kappa shape index (κ2) is 9.28. The largest absolute Gasteiger partial charge is 0.459 e. The van der Waals surface area contributed by atoms with Gasteiger partial charge in [-0.25, -0.2) is 0 Å². The van der Waals surface area contributed by atoms with E-state index in [2.05, 4.69) is 29.6 Å². The molecule has 4 rings (SSSR count). The number of fused-ring (bicyclic) bond motifs is 1. The minimum absolute atomic E-state index is 0.0181. The standard InChI is InChI=1S/C23H29NO4S/c1-2-27-23-17(9-7-13-25)18(19-15-29-21-10-4-3-8-16(19)21)14-20(28-23)22(26)24-11-5-6-12-24/h3-4,8,10,14-15,17-18,23,25H,2,5-7,9,11-13H2,1H3/t17-,18-,23+/m1/s1. The lowest BCUT2D eigenvalue weighted by Gasteiger charge is -2.37. The molecule has 2 aliphatic heterocycles. The lowest BCUT2D eigenvalue weighted by atomic mass is 9.80. The van der Waals surface area contributed by atoms with E-state index in [4.69, 9.17) is 9.47 Å². The fourth-order valence-electron chi connectivity index (χ4n) is 4.45. The van der Waals surface area contributed by atoms with Gasteiger partial charge in [0.05, 0.1) is 0 Å². The number of amides is 1. The molecule has 3 heterocycles. The molecular formula is C23H29NO4S. The quantitative estimate of drug-likeness (QED) is 0.734. The number of likely N-dealkylation sites (tertiary alicyclic amines) is 1. The Labute approximate surface area is 175 Å². The molecule has 1 N–H and O–H groups in total. The lowest BCUT2D eigenvalue weighted by molar-refractivity contribution is -0.169. The number of hydrogen-bond acceptors (Lipinski definition) is 5. The van der Waals surface area contributed by atoms with Gasteiger partial charge in [0.25, 0.3) is 5.91 Å². The number of carbonyl (C=O) groups is 1. The van der Waals surface area contributed by atoms with Crippen molar-refractivity contribution in [2.45, 2.75) is 44.8 Å². The Kier molecular flexibility index (Phi) is 6.53. The summed E-state index contributed by atoms with van der Waals surface area (Å²) >= 11 is 1.73. The minimum Gasteiger partial charge on any atom is -0.459 e. The number of ether oxygens (including phenoxy) is 2. The highest BCUT2D eigenvalue weighted by Gasteiger charge is 2.39. The predicted molar refractivity (Wildman–Crippen MR) is 115 cm³/mol. The van der Waals surface area contributed by atoms with E-state index in [1.54, 1.807) is 11.3 Å². The Morgan fingerprint density at radius 3 is 2.86 bits per heavy atom. The third-order valence-electron chi connectivity index (χ3n) is 5.89. The molecule has 2 aliphatic rings. The molecule has 0 radical (unpaired) electrons. The Bertz CT molecular complexity index is 871. The molecule has 0 saturated carbocycles. The topological polar surface area (TPSA) is 59.0 Å². The number of rotatable bonds is 7. The lowest BCUT2D eigenvalue weighted by Crippen LogP contribution is -2.39. The summed E-state index contributed by atoms with van der Waals surface area (Å²) in [6, 6.07) is 8.38. The molecular weight excluding hydrogens is 386 g/mol. The number of nitrogens with zero attached hydrogens (tertiary/aromatic N) is 1. The van der Waals surface area contributed by atoms with Gasteiger partial charge < -0.3 is 19.5 Å². The maximum atomic E-state index is 13.1. The highest BCUT2D eigenvalue weighted by molar-refractivity contribution is 7.17. The van der Waals surface area contributed by atoms with Gasteiger partial charge in [-0.1, -0.05) is 18.2 Å². The summed E-state index contributed by atoms with van der Waals surface area (Å²) in [6.07, 6.45) is 5.07. The molecule has 3 atom stereocenters. The van der Waals surface area contributed by atoms with Crippen LogP contribution >= 0.6 is 11.3 Å². The molecule has 5 nitrogen and oxygen atoms in total. The average Bonchev–Trinajstić information content (AvgIpc) is 3.42. The zero-order valence-corrected chi connectivity index (χ0v) is 17.7. The van der Waals surface area contributed by atoms with Crippen molar-refractivity contribution in [2.75, 3.05) is 26.3 Å². The number of aliphatic hydroxyl groups is 1. The summed E-state index contributed by atoms with van der Waals surface area (Å²) in [7, 11) is 0. The van der Waals surface area contributed by atoms with Crippen LogP contribution in [-0.2, 0) is 14.3 Å². The summed E-state index contributed by atoms with van der Waals surface area (Å²) in [5.74, 6) is 0.447. The first kappa shape index (κ1) is 20.4. The van der Waals surface area contributed by atoms with Gasteiger partial charge in [-0.2, -0.15) is 0 Å². The van der Waals surface area contributed by atoms with Gasteiger partial charge in [0.1, 0.15) is 0 Å².